The molecule has 25 heavy (non-hydrogen) atoms. The second-order valence-corrected chi connectivity index (χ2v) is 6.02. The molecule has 0 unspecified atom stereocenters. The molecule has 2 aromatic rings. The Morgan fingerprint density at radius 3 is 2.44 bits per heavy atom. The van der Waals surface area contributed by atoms with Crippen molar-refractivity contribution in [3.63, 3.8) is 0 Å². The third-order valence-corrected chi connectivity index (χ3v) is 4.12. The Balaban J connectivity index is 2.05. The van der Waals surface area contributed by atoms with Gasteiger partial charge in [0.1, 0.15) is 0 Å². The fraction of sp³-hybridized carbons (Fsp3) is 0.222. The number of para-hydroxylation sites is 1. The second-order valence-electron chi connectivity index (χ2n) is 5.61. The fourth-order valence-corrected chi connectivity index (χ4v) is 2.53. The number of rotatable bonds is 5. The molecule has 1 atom stereocenters. The van der Waals surface area contributed by atoms with Crippen LogP contribution in [0.15, 0.2) is 48.5 Å². The Morgan fingerprint density at radius 2 is 1.84 bits per heavy atom. The predicted molar refractivity (Wildman–Crippen MR) is 102 cm³/mol. The van der Waals surface area contributed by atoms with Crippen molar-refractivity contribution in [3.8, 4) is 0 Å². The molecule has 2 rings (SSSR count). The summed E-state index contributed by atoms with van der Waals surface area (Å²) < 4.78 is 0. The number of anilines is 1. The van der Waals surface area contributed by atoms with E-state index < -0.39 is 10.8 Å². The van der Waals surface area contributed by atoms with Crippen LogP contribution in [-0.2, 0) is 0 Å². The number of hydrogen-bond donors (Lipinski definition) is 2. The van der Waals surface area contributed by atoms with Crippen LogP contribution in [0.5, 0.6) is 0 Å². The molecule has 0 saturated heterocycles. The molecular weight excluding hydrogens is 338 g/mol. The van der Waals surface area contributed by atoms with Crippen molar-refractivity contribution in [2.24, 2.45) is 0 Å². The average Bonchev–Trinajstić information content (AvgIpc) is 2.61. The Hall–Kier alpha value is -2.80. The van der Waals surface area contributed by atoms with Gasteiger partial charge in [0.25, 0.3) is 11.6 Å². The van der Waals surface area contributed by atoms with Gasteiger partial charge < -0.3 is 5.32 Å². The summed E-state index contributed by atoms with van der Waals surface area (Å²) in [6.45, 7) is 4.23. The van der Waals surface area contributed by atoms with Gasteiger partial charge in [-0.05, 0) is 48.3 Å². The molecular formula is C18H19N3O3S. The van der Waals surface area contributed by atoms with Crippen LogP contribution in [0.3, 0.4) is 0 Å². The molecule has 2 N–H and O–H groups in total. The van der Waals surface area contributed by atoms with E-state index in [0.29, 0.717) is 11.5 Å². The van der Waals surface area contributed by atoms with Crippen molar-refractivity contribution >= 4 is 34.6 Å². The highest BCUT2D eigenvalue weighted by Gasteiger charge is 2.13. The van der Waals surface area contributed by atoms with Crippen LogP contribution in [-0.4, -0.2) is 15.9 Å². The highest BCUT2D eigenvalue weighted by Crippen LogP contribution is 2.26. The molecule has 0 heterocycles. The summed E-state index contributed by atoms with van der Waals surface area (Å²) in [5.41, 5.74) is 2.20. The van der Waals surface area contributed by atoms with Crippen molar-refractivity contribution in [2.45, 2.75) is 26.2 Å². The number of benzene rings is 2. The highest BCUT2D eigenvalue weighted by atomic mass is 32.1. The normalized spacial score (nSPS) is 11.4. The summed E-state index contributed by atoms with van der Waals surface area (Å²) in [5.74, 6) is -0.0645. The molecule has 1 amide bonds. The molecule has 0 aliphatic rings. The Kier molecular flexibility index (Phi) is 6.19. The van der Waals surface area contributed by atoms with Gasteiger partial charge in [-0.25, -0.2) is 0 Å². The lowest BCUT2D eigenvalue weighted by Gasteiger charge is -2.17. The monoisotopic (exact) mass is 357 g/mol. The standard InChI is InChI=1S/C18H19N3O3S/c1-3-12(2)15-6-4-5-7-16(15)19-18(25)20-17(22)13-8-10-14(11-9-13)21(23)24/h4-12H,3H2,1-2H3,(H2,19,20,22,25)/t12-/m1/s1. The van der Waals surface area contributed by atoms with Crippen molar-refractivity contribution in [3.05, 3.63) is 69.8 Å². The smallest absolute Gasteiger partial charge is 0.269 e. The zero-order valence-electron chi connectivity index (χ0n) is 14.0. The minimum atomic E-state index is -0.514. The highest BCUT2D eigenvalue weighted by molar-refractivity contribution is 7.80. The Bertz CT molecular complexity index is 790. The number of thiocarbonyl (C=S) groups is 1. The van der Waals surface area contributed by atoms with E-state index in [-0.39, 0.29) is 10.8 Å². The number of nitrogens with one attached hydrogen (secondary N) is 2. The van der Waals surface area contributed by atoms with E-state index in [0.717, 1.165) is 17.7 Å². The van der Waals surface area contributed by atoms with Crippen molar-refractivity contribution in [2.75, 3.05) is 5.32 Å². The van der Waals surface area contributed by atoms with E-state index in [1.165, 1.54) is 24.3 Å². The zero-order chi connectivity index (χ0) is 18.4. The van der Waals surface area contributed by atoms with Crippen LogP contribution in [0, 0.1) is 10.1 Å². The molecule has 0 saturated carbocycles. The molecule has 130 valence electrons. The first-order chi connectivity index (χ1) is 11.9. The van der Waals surface area contributed by atoms with Crippen molar-refractivity contribution < 1.29 is 9.72 Å². The van der Waals surface area contributed by atoms with E-state index in [1.807, 2.05) is 24.3 Å². The SMILES string of the molecule is CC[C@@H](C)c1ccccc1NC(=S)NC(=O)c1ccc([N+](=O)[O-])cc1. The maximum Gasteiger partial charge on any atom is 0.269 e. The van der Waals surface area contributed by atoms with Gasteiger partial charge in [-0.3, -0.25) is 20.2 Å². The molecule has 0 fully saturated rings. The van der Waals surface area contributed by atoms with E-state index in [2.05, 4.69) is 24.5 Å². The fourth-order valence-electron chi connectivity index (χ4n) is 2.32. The third-order valence-electron chi connectivity index (χ3n) is 3.92. The molecule has 2 aromatic carbocycles. The lowest BCUT2D eigenvalue weighted by Crippen LogP contribution is -2.34. The largest absolute Gasteiger partial charge is 0.332 e. The van der Waals surface area contributed by atoms with Gasteiger partial charge in [0, 0.05) is 23.4 Å². The van der Waals surface area contributed by atoms with Gasteiger partial charge in [0.15, 0.2) is 5.11 Å². The lowest BCUT2D eigenvalue weighted by molar-refractivity contribution is -0.384. The summed E-state index contributed by atoms with van der Waals surface area (Å²) >= 11 is 5.21. The number of nitro benzene ring substituents is 1. The summed E-state index contributed by atoms with van der Waals surface area (Å²) in [4.78, 5) is 22.3. The van der Waals surface area contributed by atoms with E-state index in [1.54, 1.807) is 0 Å². The molecule has 0 spiro atoms. The molecule has 0 radical (unpaired) electrons. The number of hydrogen-bond acceptors (Lipinski definition) is 4. The predicted octanol–water partition coefficient (Wildman–Crippen LogP) is 4.24. The number of nitro groups is 1. The molecule has 0 aliphatic heterocycles. The second kappa shape index (κ2) is 8.34. The van der Waals surface area contributed by atoms with Crippen LogP contribution in [0.4, 0.5) is 11.4 Å². The van der Waals surface area contributed by atoms with Crippen molar-refractivity contribution in [1.82, 2.24) is 5.32 Å². The summed E-state index contributed by atoms with van der Waals surface area (Å²) in [6.07, 6.45) is 0.987. The number of carbonyl (C=O) groups is 1. The van der Waals surface area contributed by atoms with Gasteiger partial charge >= 0.3 is 0 Å². The Morgan fingerprint density at radius 1 is 1.20 bits per heavy atom. The van der Waals surface area contributed by atoms with Crippen LogP contribution >= 0.6 is 12.2 Å². The lowest BCUT2D eigenvalue weighted by atomic mass is 9.97. The van der Waals surface area contributed by atoms with E-state index in [9.17, 15) is 14.9 Å². The minimum Gasteiger partial charge on any atom is -0.332 e. The van der Waals surface area contributed by atoms with Gasteiger partial charge in [-0.2, -0.15) is 0 Å². The number of carbonyl (C=O) groups excluding carboxylic acids is 1. The number of amides is 1. The molecule has 6 nitrogen and oxygen atoms in total. The molecule has 0 aliphatic carbocycles. The average molecular weight is 357 g/mol. The van der Waals surface area contributed by atoms with Crippen LogP contribution in [0.25, 0.3) is 0 Å². The van der Waals surface area contributed by atoms with E-state index >= 15 is 0 Å². The van der Waals surface area contributed by atoms with Crippen molar-refractivity contribution in [1.29, 1.82) is 0 Å². The number of non-ortho nitro benzene ring substituents is 1. The first kappa shape index (κ1) is 18.5. The van der Waals surface area contributed by atoms with Crippen LogP contribution < -0.4 is 10.6 Å². The van der Waals surface area contributed by atoms with Gasteiger partial charge in [0.2, 0.25) is 0 Å². The summed E-state index contributed by atoms with van der Waals surface area (Å²) in [5, 5.41) is 16.5. The zero-order valence-corrected chi connectivity index (χ0v) is 14.8. The Labute approximate surface area is 151 Å². The first-order valence-corrected chi connectivity index (χ1v) is 8.29. The minimum absolute atomic E-state index is 0.0697. The van der Waals surface area contributed by atoms with Gasteiger partial charge in [0.05, 0.1) is 4.92 Å². The maximum atomic E-state index is 12.2. The molecule has 0 bridgehead atoms. The first-order valence-electron chi connectivity index (χ1n) is 7.88. The van der Waals surface area contributed by atoms with Crippen LogP contribution in [0.2, 0.25) is 0 Å². The van der Waals surface area contributed by atoms with Gasteiger partial charge in [-0.15, -0.1) is 0 Å². The van der Waals surface area contributed by atoms with Crippen LogP contribution in [0.1, 0.15) is 42.1 Å². The maximum absolute atomic E-state index is 12.2. The topological polar surface area (TPSA) is 84.3 Å². The molecule has 7 heteroatoms. The molecule has 0 aromatic heterocycles. The summed E-state index contributed by atoms with van der Waals surface area (Å²) in [7, 11) is 0. The number of nitrogens with zero attached hydrogens (tertiary/aromatic N) is 1. The quantitative estimate of drug-likeness (QED) is 0.475. The summed E-state index contributed by atoms with van der Waals surface area (Å²) in [6, 6.07) is 13.1. The van der Waals surface area contributed by atoms with E-state index in [4.69, 9.17) is 12.2 Å². The third kappa shape index (κ3) is 4.84. The van der Waals surface area contributed by atoms with Gasteiger partial charge in [-0.1, -0.05) is 32.0 Å².